The Labute approximate surface area is 505 Å². The van der Waals surface area contributed by atoms with Crippen LogP contribution in [0.5, 0.6) is 0 Å². The van der Waals surface area contributed by atoms with E-state index < -0.39 is 6.10 Å². The van der Waals surface area contributed by atoms with Crippen molar-refractivity contribution in [1.29, 1.82) is 0 Å². The molecule has 6 nitrogen and oxygen atoms in total. The first kappa shape index (κ1) is 77.0. The largest absolute Gasteiger partial charge is 0.462 e. The number of unbranched alkanes of at least 4 members (excludes halogenated alkanes) is 22. The highest BCUT2D eigenvalue weighted by atomic mass is 16.6. The van der Waals surface area contributed by atoms with Gasteiger partial charge in [-0.1, -0.05) is 301 Å². The van der Waals surface area contributed by atoms with Gasteiger partial charge in [0, 0.05) is 19.3 Å². The van der Waals surface area contributed by atoms with Gasteiger partial charge in [-0.3, -0.25) is 14.4 Å². The number of carbonyl (C=O) groups excluding carboxylic acids is 3. The molecule has 0 heterocycles. The van der Waals surface area contributed by atoms with Crippen molar-refractivity contribution in [2.45, 2.75) is 290 Å². The summed E-state index contributed by atoms with van der Waals surface area (Å²) in [7, 11) is 0. The van der Waals surface area contributed by atoms with Crippen LogP contribution in [0.1, 0.15) is 284 Å². The summed E-state index contributed by atoms with van der Waals surface area (Å²) in [5, 5.41) is 0. The Bertz CT molecular complexity index is 1830. The smallest absolute Gasteiger partial charge is 0.306 e. The van der Waals surface area contributed by atoms with Crippen LogP contribution in [0.4, 0.5) is 0 Å². The molecule has 0 aromatic carbocycles. The van der Waals surface area contributed by atoms with Gasteiger partial charge in [0.25, 0.3) is 0 Å². The lowest BCUT2D eigenvalue weighted by molar-refractivity contribution is -0.167. The molecule has 0 amide bonds. The standard InChI is InChI=1S/C76H122O6/c1-4-7-10-13-16-19-22-25-28-31-32-33-34-35-36-37-38-39-40-41-42-43-44-46-48-51-54-57-60-63-66-69-75(78)81-72-73(71-80-74(77)68-65-62-59-56-53-50-47-30-27-24-21-18-15-12-9-6-3)82-76(79)70-67-64-61-58-55-52-49-45-29-26-23-20-17-14-11-8-5-2/h7-8,10-11,16-17,19-20,25-26,28-29,32-33,35-36,38-39,41-42,44,46,49,52,58,61,73H,4-6,9,12-15,18,21-24,27,30-31,34,37,40,43,45,47-48,50-51,53-57,59-60,62-72H2,1-3H3/b10-7-,11-8-,19-16-,20-17-,28-25-,29-26-,33-32-,36-35-,39-38-,42-41-,46-44-,52-49-,61-58-. The van der Waals surface area contributed by atoms with Gasteiger partial charge in [-0.25, -0.2) is 0 Å². The molecule has 0 aromatic rings. The number of hydrogen-bond acceptors (Lipinski definition) is 6. The minimum absolute atomic E-state index is 0.109. The molecule has 0 bridgehead atoms. The molecule has 0 saturated heterocycles. The van der Waals surface area contributed by atoms with Gasteiger partial charge < -0.3 is 14.2 Å². The molecule has 82 heavy (non-hydrogen) atoms. The van der Waals surface area contributed by atoms with Crippen LogP contribution in [0.15, 0.2) is 158 Å². The van der Waals surface area contributed by atoms with E-state index in [0.717, 1.165) is 141 Å². The highest BCUT2D eigenvalue weighted by Gasteiger charge is 2.19. The van der Waals surface area contributed by atoms with Crippen LogP contribution < -0.4 is 0 Å². The maximum atomic E-state index is 12.9. The van der Waals surface area contributed by atoms with Gasteiger partial charge in [-0.05, 0) is 122 Å². The molecule has 0 aliphatic heterocycles. The average molecular weight is 1130 g/mol. The molecular formula is C76H122O6. The van der Waals surface area contributed by atoms with Gasteiger partial charge in [0.1, 0.15) is 13.2 Å². The molecule has 462 valence electrons. The maximum Gasteiger partial charge on any atom is 0.306 e. The topological polar surface area (TPSA) is 78.9 Å². The molecule has 0 fully saturated rings. The minimum Gasteiger partial charge on any atom is -0.462 e. The first-order valence-electron chi connectivity index (χ1n) is 33.5. The first-order valence-corrected chi connectivity index (χ1v) is 33.5. The van der Waals surface area contributed by atoms with Crippen molar-refractivity contribution < 1.29 is 28.6 Å². The predicted molar refractivity (Wildman–Crippen MR) is 357 cm³/mol. The number of allylic oxidation sites excluding steroid dienone is 26. The fourth-order valence-electron chi connectivity index (χ4n) is 8.85. The van der Waals surface area contributed by atoms with Crippen molar-refractivity contribution in [3.63, 3.8) is 0 Å². The number of rotatable bonds is 59. The normalized spacial score (nSPS) is 13.2. The summed E-state index contributed by atoms with van der Waals surface area (Å²) in [4.78, 5) is 38.3. The van der Waals surface area contributed by atoms with E-state index in [2.05, 4.69) is 179 Å². The molecule has 1 unspecified atom stereocenters. The minimum atomic E-state index is -0.821. The second-order valence-corrected chi connectivity index (χ2v) is 21.6. The second kappa shape index (κ2) is 68.5. The van der Waals surface area contributed by atoms with Crippen molar-refractivity contribution in [1.82, 2.24) is 0 Å². The Morgan fingerprint density at radius 2 is 0.488 bits per heavy atom. The van der Waals surface area contributed by atoms with Gasteiger partial charge >= 0.3 is 17.9 Å². The lowest BCUT2D eigenvalue weighted by Gasteiger charge is -2.18. The summed E-state index contributed by atoms with van der Waals surface area (Å²) in [6, 6.07) is 0. The molecule has 1 atom stereocenters. The Kier molecular flexibility index (Phi) is 64.4. The SMILES string of the molecule is CC/C=C\C/C=C\C/C=C\C/C=C\C/C=C\C/C=C\C/C=C\C/C=C\CCCCCCCCC(=O)OCC(COC(=O)CCCCCCCCCCCCCCCCCC)OC(=O)CCC/C=C\C/C=C\C/C=C\C/C=C\C/C=C\CC. The van der Waals surface area contributed by atoms with Gasteiger partial charge in [0.05, 0.1) is 0 Å². The maximum absolute atomic E-state index is 12.9. The third-order valence-electron chi connectivity index (χ3n) is 13.8. The molecule has 0 aromatic heterocycles. The van der Waals surface area contributed by atoms with Crippen LogP contribution in [0, 0.1) is 0 Å². The van der Waals surface area contributed by atoms with Crippen LogP contribution in [0.3, 0.4) is 0 Å². The lowest BCUT2D eigenvalue weighted by Crippen LogP contribution is -2.30. The number of hydrogen-bond donors (Lipinski definition) is 0. The van der Waals surface area contributed by atoms with Crippen LogP contribution in [0.2, 0.25) is 0 Å². The van der Waals surface area contributed by atoms with E-state index in [1.807, 2.05) is 0 Å². The van der Waals surface area contributed by atoms with Crippen LogP contribution in [-0.2, 0) is 28.6 Å². The molecule has 0 aliphatic rings. The van der Waals surface area contributed by atoms with Crippen LogP contribution in [-0.4, -0.2) is 37.2 Å². The van der Waals surface area contributed by atoms with E-state index in [1.54, 1.807) is 0 Å². The van der Waals surface area contributed by atoms with E-state index in [1.165, 1.54) is 96.3 Å². The molecule has 0 N–H and O–H groups in total. The second-order valence-electron chi connectivity index (χ2n) is 21.6. The van der Waals surface area contributed by atoms with E-state index in [-0.39, 0.29) is 37.5 Å². The quantitative estimate of drug-likeness (QED) is 0.0261. The van der Waals surface area contributed by atoms with Gasteiger partial charge in [0.15, 0.2) is 6.10 Å². The number of esters is 3. The third-order valence-corrected chi connectivity index (χ3v) is 13.8. The summed E-state index contributed by atoms with van der Waals surface area (Å²) in [6.45, 7) is 6.36. The van der Waals surface area contributed by atoms with Crippen molar-refractivity contribution in [3.8, 4) is 0 Å². The van der Waals surface area contributed by atoms with E-state index in [9.17, 15) is 14.4 Å². The molecule has 6 heteroatoms. The van der Waals surface area contributed by atoms with E-state index in [4.69, 9.17) is 14.2 Å². The lowest BCUT2D eigenvalue weighted by atomic mass is 10.0. The highest BCUT2D eigenvalue weighted by molar-refractivity contribution is 5.71. The van der Waals surface area contributed by atoms with Crippen molar-refractivity contribution in [2.75, 3.05) is 13.2 Å². The Morgan fingerprint density at radius 3 is 0.780 bits per heavy atom. The average Bonchev–Trinajstić information content (AvgIpc) is 3.48. The van der Waals surface area contributed by atoms with E-state index in [0.29, 0.717) is 19.3 Å². The zero-order chi connectivity index (χ0) is 59.2. The molecule has 0 spiro atoms. The summed E-state index contributed by atoms with van der Waals surface area (Å²) < 4.78 is 16.9. The van der Waals surface area contributed by atoms with Crippen molar-refractivity contribution in [3.05, 3.63) is 158 Å². The summed E-state index contributed by atoms with van der Waals surface area (Å²) >= 11 is 0. The van der Waals surface area contributed by atoms with Crippen LogP contribution >= 0.6 is 0 Å². The zero-order valence-electron chi connectivity index (χ0n) is 52.9. The molecule has 0 rings (SSSR count). The molecule has 0 radical (unpaired) electrons. The Balaban J connectivity index is 4.43. The summed E-state index contributed by atoms with van der Waals surface area (Å²) in [6.07, 6.45) is 99.7. The molecular weight excluding hydrogens is 1010 g/mol. The third kappa shape index (κ3) is 65.8. The van der Waals surface area contributed by atoms with Gasteiger partial charge in [0.2, 0.25) is 0 Å². The van der Waals surface area contributed by atoms with Crippen molar-refractivity contribution in [2.24, 2.45) is 0 Å². The molecule has 0 saturated carbocycles. The van der Waals surface area contributed by atoms with Gasteiger partial charge in [-0.15, -0.1) is 0 Å². The monoisotopic (exact) mass is 1130 g/mol. The predicted octanol–water partition coefficient (Wildman–Crippen LogP) is 23.3. The fraction of sp³-hybridized carbons (Fsp3) is 0.618. The van der Waals surface area contributed by atoms with E-state index >= 15 is 0 Å². The Morgan fingerprint density at radius 1 is 0.256 bits per heavy atom. The number of ether oxygens (including phenoxy) is 3. The summed E-state index contributed by atoms with van der Waals surface area (Å²) in [5.41, 5.74) is 0. The fourth-order valence-corrected chi connectivity index (χ4v) is 8.85. The van der Waals surface area contributed by atoms with Gasteiger partial charge in [-0.2, -0.15) is 0 Å². The van der Waals surface area contributed by atoms with Crippen LogP contribution in [0.25, 0.3) is 0 Å². The first-order chi connectivity index (χ1) is 40.5. The zero-order valence-corrected chi connectivity index (χ0v) is 52.9. The summed E-state index contributed by atoms with van der Waals surface area (Å²) in [5.74, 6) is -0.981. The number of carbonyl (C=O) groups is 3. The Hall–Kier alpha value is -4.97. The van der Waals surface area contributed by atoms with Crippen molar-refractivity contribution >= 4 is 17.9 Å². The molecule has 0 aliphatic carbocycles. The highest BCUT2D eigenvalue weighted by Crippen LogP contribution is 2.16.